The van der Waals surface area contributed by atoms with E-state index in [9.17, 15) is 9.59 Å². The molecule has 9 heteroatoms. The molecule has 186 valence electrons. The Morgan fingerprint density at radius 2 is 1.71 bits per heavy atom. The van der Waals surface area contributed by atoms with Crippen LogP contribution in [0.2, 0.25) is 0 Å². The van der Waals surface area contributed by atoms with Crippen molar-refractivity contribution in [3.63, 3.8) is 0 Å². The first-order chi connectivity index (χ1) is 16.9. The second-order valence-electron chi connectivity index (χ2n) is 9.53. The molecule has 9 nitrogen and oxygen atoms in total. The van der Waals surface area contributed by atoms with Crippen LogP contribution in [0.4, 0.5) is 28.7 Å². The number of nitrogens with one attached hydrogen (secondary N) is 1. The average molecular weight is 479 g/mol. The van der Waals surface area contributed by atoms with E-state index < -0.39 is 0 Å². The highest BCUT2D eigenvalue weighted by Crippen LogP contribution is 2.38. The van der Waals surface area contributed by atoms with Gasteiger partial charge in [0.2, 0.25) is 11.8 Å². The van der Waals surface area contributed by atoms with Crippen molar-refractivity contribution in [2.24, 2.45) is 0 Å². The second kappa shape index (κ2) is 9.73. The second-order valence-corrected chi connectivity index (χ2v) is 9.53. The Labute approximate surface area is 206 Å². The molecule has 0 radical (unpaired) electrons. The van der Waals surface area contributed by atoms with Crippen LogP contribution in [0, 0.1) is 0 Å². The molecule has 4 heterocycles. The lowest BCUT2D eigenvalue weighted by atomic mass is 10.0. The van der Waals surface area contributed by atoms with E-state index in [1.54, 1.807) is 11.8 Å². The van der Waals surface area contributed by atoms with Crippen LogP contribution in [0.1, 0.15) is 26.7 Å². The van der Waals surface area contributed by atoms with E-state index >= 15 is 0 Å². The summed E-state index contributed by atoms with van der Waals surface area (Å²) in [7, 11) is 1.82. The molecule has 0 saturated carbocycles. The van der Waals surface area contributed by atoms with Gasteiger partial charge in [-0.05, 0) is 56.2 Å². The summed E-state index contributed by atoms with van der Waals surface area (Å²) in [5.74, 6) is 1.82. The fourth-order valence-electron chi connectivity index (χ4n) is 5.30. The summed E-state index contributed by atoms with van der Waals surface area (Å²) in [6.45, 7) is 8.21. The largest absolute Gasteiger partial charge is 0.381 e. The molecule has 1 aromatic carbocycles. The summed E-state index contributed by atoms with van der Waals surface area (Å²) < 4.78 is 5.56. The highest BCUT2D eigenvalue weighted by atomic mass is 16.5. The minimum absolute atomic E-state index is 0.0891. The molecule has 1 aromatic heterocycles. The number of pyridine rings is 1. The molecule has 0 spiro atoms. The first-order valence-electron chi connectivity index (χ1n) is 12.4. The molecule has 0 unspecified atom stereocenters. The Morgan fingerprint density at radius 1 is 1.03 bits per heavy atom. The normalized spacial score (nSPS) is 21.2. The van der Waals surface area contributed by atoms with Gasteiger partial charge in [0.05, 0.1) is 5.69 Å². The van der Waals surface area contributed by atoms with Crippen LogP contribution in [-0.4, -0.2) is 80.2 Å². The maximum absolute atomic E-state index is 12.9. The standard InChI is InChI=1S/C26H34N6O3/c1-18-26(34)29(3)23-8-9-24(28-25(23)32(18)22-10-16-35-17-11-22)27-20-4-6-21(7-5-20)31-14-12-30(13-15-31)19(2)33/h4-9,18,22H,10-17H2,1-3H3,(H,27,28)/t18-/m0/s1. The van der Waals surface area contributed by atoms with Gasteiger partial charge in [-0.25, -0.2) is 4.98 Å². The zero-order valence-electron chi connectivity index (χ0n) is 20.7. The lowest BCUT2D eigenvalue weighted by molar-refractivity contribution is -0.129. The number of piperazine rings is 1. The van der Waals surface area contributed by atoms with Crippen LogP contribution < -0.4 is 20.0 Å². The molecule has 35 heavy (non-hydrogen) atoms. The molecule has 2 fully saturated rings. The molecule has 2 amide bonds. The molecule has 0 aliphatic carbocycles. The summed E-state index contributed by atoms with van der Waals surface area (Å²) in [6.07, 6.45) is 1.78. The number of ether oxygens (including phenoxy) is 1. The Kier molecular flexibility index (Phi) is 6.51. The van der Waals surface area contributed by atoms with Gasteiger partial charge >= 0.3 is 0 Å². The minimum atomic E-state index is -0.263. The molecule has 0 bridgehead atoms. The fraction of sp³-hybridized carbons (Fsp3) is 0.500. The summed E-state index contributed by atoms with van der Waals surface area (Å²) in [4.78, 5) is 37.6. The summed E-state index contributed by atoms with van der Waals surface area (Å²) in [5, 5.41) is 3.43. The van der Waals surface area contributed by atoms with Crippen molar-refractivity contribution in [2.45, 2.75) is 38.8 Å². The minimum Gasteiger partial charge on any atom is -0.381 e. The van der Waals surface area contributed by atoms with Gasteiger partial charge < -0.3 is 29.7 Å². The van der Waals surface area contributed by atoms with Gasteiger partial charge in [-0.2, -0.15) is 0 Å². The number of rotatable bonds is 4. The molecule has 2 saturated heterocycles. The van der Waals surface area contributed by atoms with Gasteiger partial charge in [0.15, 0.2) is 5.82 Å². The summed E-state index contributed by atoms with van der Waals surface area (Å²) >= 11 is 0. The van der Waals surface area contributed by atoms with E-state index in [0.717, 1.165) is 67.7 Å². The van der Waals surface area contributed by atoms with Crippen molar-refractivity contribution in [1.82, 2.24) is 9.88 Å². The SMILES string of the molecule is CC(=O)N1CCN(c2ccc(Nc3ccc4c(n3)N(C3CCOCC3)[C@@H](C)C(=O)N4C)cc2)CC1. The summed E-state index contributed by atoms with van der Waals surface area (Å²) in [5.41, 5.74) is 2.94. The number of benzene rings is 1. The summed E-state index contributed by atoms with van der Waals surface area (Å²) in [6, 6.07) is 12.2. The van der Waals surface area contributed by atoms with Crippen LogP contribution in [0.15, 0.2) is 36.4 Å². The predicted molar refractivity (Wildman–Crippen MR) is 138 cm³/mol. The lowest BCUT2D eigenvalue weighted by Crippen LogP contribution is -2.56. The lowest BCUT2D eigenvalue weighted by Gasteiger charge is -2.44. The number of hydrogen-bond donors (Lipinski definition) is 1. The monoisotopic (exact) mass is 478 g/mol. The number of hydrogen-bond acceptors (Lipinski definition) is 7. The molecule has 3 aliphatic heterocycles. The maximum Gasteiger partial charge on any atom is 0.249 e. The van der Waals surface area contributed by atoms with Crippen molar-refractivity contribution in [3.8, 4) is 0 Å². The molecule has 5 rings (SSSR count). The smallest absolute Gasteiger partial charge is 0.249 e. The quantitative estimate of drug-likeness (QED) is 0.724. The Morgan fingerprint density at radius 3 is 2.37 bits per heavy atom. The number of carbonyl (C=O) groups excluding carboxylic acids is 2. The zero-order chi connectivity index (χ0) is 24.5. The van der Waals surface area contributed by atoms with Crippen molar-refractivity contribution >= 4 is 40.5 Å². The predicted octanol–water partition coefficient (Wildman–Crippen LogP) is 2.84. The van der Waals surface area contributed by atoms with Crippen molar-refractivity contribution in [1.29, 1.82) is 0 Å². The molecule has 1 N–H and O–H groups in total. The zero-order valence-corrected chi connectivity index (χ0v) is 20.7. The van der Waals surface area contributed by atoms with Gasteiger partial charge in [-0.15, -0.1) is 0 Å². The van der Waals surface area contributed by atoms with Crippen molar-refractivity contribution in [2.75, 3.05) is 66.5 Å². The molecular formula is C26H34N6O3. The van der Waals surface area contributed by atoms with Crippen LogP contribution in [0.5, 0.6) is 0 Å². The van der Waals surface area contributed by atoms with Gasteiger partial charge in [-0.1, -0.05) is 0 Å². The third-order valence-corrected chi connectivity index (χ3v) is 7.38. The van der Waals surface area contributed by atoms with E-state index in [-0.39, 0.29) is 23.9 Å². The average Bonchev–Trinajstić information content (AvgIpc) is 2.88. The van der Waals surface area contributed by atoms with Crippen LogP contribution in [0.25, 0.3) is 0 Å². The van der Waals surface area contributed by atoms with E-state index in [2.05, 4.69) is 39.4 Å². The van der Waals surface area contributed by atoms with Gasteiger partial charge in [0, 0.05) is 70.8 Å². The van der Waals surface area contributed by atoms with Crippen molar-refractivity contribution < 1.29 is 14.3 Å². The maximum atomic E-state index is 12.9. The first-order valence-corrected chi connectivity index (χ1v) is 12.4. The highest BCUT2D eigenvalue weighted by Gasteiger charge is 2.39. The van der Waals surface area contributed by atoms with Crippen LogP contribution in [-0.2, 0) is 14.3 Å². The topological polar surface area (TPSA) is 81.3 Å². The van der Waals surface area contributed by atoms with Gasteiger partial charge in [-0.3, -0.25) is 9.59 Å². The number of aromatic nitrogens is 1. The third kappa shape index (κ3) is 4.65. The molecule has 3 aliphatic rings. The van der Waals surface area contributed by atoms with E-state index in [1.165, 1.54) is 0 Å². The van der Waals surface area contributed by atoms with Crippen LogP contribution >= 0.6 is 0 Å². The van der Waals surface area contributed by atoms with E-state index in [4.69, 9.17) is 9.72 Å². The number of fused-ring (bicyclic) bond motifs is 1. The van der Waals surface area contributed by atoms with Crippen molar-refractivity contribution in [3.05, 3.63) is 36.4 Å². The highest BCUT2D eigenvalue weighted by molar-refractivity contribution is 6.04. The van der Waals surface area contributed by atoms with Crippen LogP contribution in [0.3, 0.4) is 0 Å². The van der Waals surface area contributed by atoms with E-state index in [0.29, 0.717) is 13.2 Å². The molecule has 2 aromatic rings. The third-order valence-electron chi connectivity index (χ3n) is 7.38. The molecular weight excluding hydrogens is 444 g/mol. The number of carbonyl (C=O) groups is 2. The van der Waals surface area contributed by atoms with E-state index in [1.807, 2.05) is 31.0 Å². The number of amides is 2. The number of nitrogens with zero attached hydrogens (tertiary/aromatic N) is 5. The van der Waals surface area contributed by atoms with Gasteiger partial charge in [0.25, 0.3) is 0 Å². The Bertz CT molecular complexity index is 1080. The molecule has 1 atom stereocenters. The Hall–Kier alpha value is -3.33. The Balaban J connectivity index is 1.33. The first kappa shape index (κ1) is 23.4. The van der Waals surface area contributed by atoms with Gasteiger partial charge in [0.1, 0.15) is 11.9 Å². The fourth-order valence-corrected chi connectivity index (χ4v) is 5.30. The number of anilines is 5. The number of likely N-dealkylation sites (N-methyl/N-ethyl adjacent to an activating group) is 1.